The lowest BCUT2D eigenvalue weighted by Gasteiger charge is -2.18. The van der Waals surface area contributed by atoms with Crippen molar-refractivity contribution in [3.8, 4) is 22.9 Å². The number of hydrogen-bond donors (Lipinski definition) is 0. The summed E-state index contributed by atoms with van der Waals surface area (Å²) in [4.78, 5) is 5.36. The van der Waals surface area contributed by atoms with Gasteiger partial charge in [-0.15, -0.1) is 11.8 Å². The van der Waals surface area contributed by atoms with E-state index in [0.29, 0.717) is 30.7 Å². The van der Waals surface area contributed by atoms with Crippen LogP contribution in [-0.2, 0) is 5.75 Å². The monoisotopic (exact) mass is 344 g/mol. The van der Waals surface area contributed by atoms with Crippen molar-refractivity contribution in [2.75, 3.05) is 13.2 Å². The van der Waals surface area contributed by atoms with Crippen molar-refractivity contribution in [1.29, 1.82) is 0 Å². The Balaban J connectivity index is 1.44. The van der Waals surface area contributed by atoms with Crippen molar-refractivity contribution in [2.45, 2.75) is 10.6 Å². The Kier molecular flexibility index (Phi) is 4.08. The third-order valence-electron chi connectivity index (χ3n) is 3.45. The summed E-state index contributed by atoms with van der Waals surface area (Å²) < 4.78 is 29.3. The number of fused-ring (bicyclic) bond motifs is 1. The van der Waals surface area contributed by atoms with E-state index in [-0.39, 0.29) is 5.82 Å². The molecule has 3 aromatic rings. The van der Waals surface area contributed by atoms with Gasteiger partial charge in [-0.2, -0.15) is 4.98 Å². The van der Waals surface area contributed by atoms with Crippen LogP contribution in [0.3, 0.4) is 0 Å². The van der Waals surface area contributed by atoms with Gasteiger partial charge >= 0.3 is 0 Å². The quantitative estimate of drug-likeness (QED) is 0.668. The molecular weight excluding hydrogens is 331 g/mol. The number of nitrogens with zero attached hydrogens (tertiary/aromatic N) is 2. The molecule has 0 saturated carbocycles. The Morgan fingerprint density at radius 3 is 2.62 bits per heavy atom. The Labute approximate surface area is 141 Å². The van der Waals surface area contributed by atoms with Crippen LogP contribution >= 0.6 is 11.8 Å². The van der Waals surface area contributed by atoms with E-state index in [1.54, 1.807) is 23.9 Å². The smallest absolute Gasteiger partial charge is 0.237 e. The Bertz CT molecular complexity index is 851. The van der Waals surface area contributed by atoms with Crippen LogP contribution < -0.4 is 9.47 Å². The highest BCUT2D eigenvalue weighted by atomic mass is 32.2. The summed E-state index contributed by atoms with van der Waals surface area (Å²) in [5, 5.41) is 3.93. The second-order valence-electron chi connectivity index (χ2n) is 5.11. The summed E-state index contributed by atoms with van der Waals surface area (Å²) in [6, 6.07) is 11.8. The lowest BCUT2D eigenvalue weighted by Crippen LogP contribution is -2.15. The first kappa shape index (κ1) is 15.0. The molecule has 0 spiro atoms. The molecule has 0 saturated heterocycles. The molecule has 0 fully saturated rings. The normalized spacial score (nSPS) is 13.0. The van der Waals surface area contributed by atoms with Gasteiger partial charge in [0, 0.05) is 10.5 Å². The van der Waals surface area contributed by atoms with Crippen LogP contribution in [0.1, 0.15) is 5.89 Å². The lowest BCUT2D eigenvalue weighted by molar-refractivity contribution is 0.171. The zero-order chi connectivity index (χ0) is 16.4. The molecule has 2 heterocycles. The van der Waals surface area contributed by atoms with Gasteiger partial charge in [0.15, 0.2) is 11.5 Å². The van der Waals surface area contributed by atoms with E-state index >= 15 is 0 Å². The zero-order valence-corrected chi connectivity index (χ0v) is 13.4. The van der Waals surface area contributed by atoms with Gasteiger partial charge in [0.1, 0.15) is 19.0 Å². The van der Waals surface area contributed by atoms with E-state index in [1.165, 1.54) is 12.1 Å². The van der Waals surface area contributed by atoms with Crippen LogP contribution in [0, 0.1) is 5.82 Å². The fraction of sp³-hybridized carbons (Fsp3) is 0.176. The number of thioether (sulfide) groups is 1. The van der Waals surface area contributed by atoms with Crippen LogP contribution in [0.25, 0.3) is 11.4 Å². The summed E-state index contributed by atoms with van der Waals surface area (Å²) >= 11 is 1.57. The molecule has 0 unspecified atom stereocenters. The molecule has 0 aliphatic carbocycles. The van der Waals surface area contributed by atoms with Gasteiger partial charge in [-0.3, -0.25) is 0 Å². The lowest BCUT2D eigenvalue weighted by atomic mass is 10.2. The summed E-state index contributed by atoms with van der Waals surface area (Å²) in [6.07, 6.45) is 0. The second-order valence-corrected chi connectivity index (χ2v) is 6.16. The Morgan fingerprint density at radius 2 is 1.79 bits per heavy atom. The molecule has 1 aliphatic heterocycles. The number of halogens is 1. The fourth-order valence-corrected chi connectivity index (χ4v) is 3.05. The minimum Gasteiger partial charge on any atom is -0.486 e. The summed E-state index contributed by atoms with van der Waals surface area (Å²) in [5.74, 6) is 2.72. The first-order valence-electron chi connectivity index (χ1n) is 7.39. The van der Waals surface area contributed by atoms with Gasteiger partial charge < -0.3 is 14.0 Å². The zero-order valence-electron chi connectivity index (χ0n) is 12.6. The molecule has 24 heavy (non-hydrogen) atoms. The molecular formula is C17H13FN2O3S. The van der Waals surface area contributed by atoms with E-state index < -0.39 is 0 Å². The van der Waals surface area contributed by atoms with Gasteiger partial charge in [-0.25, -0.2) is 4.39 Å². The molecule has 2 aromatic carbocycles. The minimum absolute atomic E-state index is 0.295. The molecule has 4 rings (SSSR count). The number of ether oxygens (including phenoxy) is 2. The molecule has 7 heteroatoms. The number of hydrogen-bond acceptors (Lipinski definition) is 6. The van der Waals surface area contributed by atoms with Crippen LogP contribution in [0.2, 0.25) is 0 Å². The van der Waals surface area contributed by atoms with Crippen molar-refractivity contribution in [3.05, 3.63) is 54.2 Å². The SMILES string of the molecule is Fc1ccc(-c2noc(CSc3ccc4c(c3)OCCO4)n2)cc1. The molecule has 1 aromatic heterocycles. The van der Waals surface area contributed by atoms with Gasteiger partial charge in [-0.05, 0) is 42.5 Å². The number of benzene rings is 2. The fourth-order valence-electron chi connectivity index (χ4n) is 2.29. The van der Waals surface area contributed by atoms with Gasteiger partial charge in [-0.1, -0.05) is 5.16 Å². The highest BCUT2D eigenvalue weighted by Gasteiger charge is 2.13. The van der Waals surface area contributed by atoms with Gasteiger partial charge in [0.05, 0.1) is 5.75 Å². The van der Waals surface area contributed by atoms with Crippen molar-refractivity contribution in [2.24, 2.45) is 0 Å². The van der Waals surface area contributed by atoms with E-state index in [2.05, 4.69) is 10.1 Å². The highest BCUT2D eigenvalue weighted by molar-refractivity contribution is 7.98. The largest absolute Gasteiger partial charge is 0.486 e. The summed E-state index contributed by atoms with van der Waals surface area (Å²) in [6.45, 7) is 1.14. The first-order valence-corrected chi connectivity index (χ1v) is 8.37. The van der Waals surface area contributed by atoms with E-state index in [0.717, 1.165) is 22.0 Å². The molecule has 0 N–H and O–H groups in total. The Morgan fingerprint density at radius 1 is 1.00 bits per heavy atom. The molecule has 5 nitrogen and oxygen atoms in total. The average molecular weight is 344 g/mol. The van der Waals surface area contributed by atoms with Crippen molar-refractivity contribution < 1.29 is 18.4 Å². The number of rotatable bonds is 4. The topological polar surface area (TPSA) is 57.4 Å². The second kappa shape index (κ2) is 6.52. The summed E-state index contributed by atoms with van der Waals surface area (Å²) in [7, 11) is 0. The van der Waals surface area contributed by atoms with Crippen molar-refractivity contribution >= 4 is 11.8 Å². The first-order chi connectivity index (χ1) is 11.8. The van der Waals surface area contributed by atoms with Crippen LogP contribution in [-0.4, -0.2) is 23.4 Å². The number of aromatic nitrogens is 2. The van der Waals surface area contributed by atoms with E-state index in [4.69, 9.17) is 14.0 Å². The third-order valence-corrected chi connectivity index (χ3v) is 4.43. The van der Waals surface area contributed by atoms with Gasteiger partial charge in [0.2, 0.25) is 11.7 Å². The van der Waals surface area contributed by atoms with Crippen LogP contribution in [0.15, 0.2) is 51.9 Å². The molecule has 0 radical (unpaired) electrons. The van der Waals surface area contributed by atoms with E-state index in [1.807, 2.05) is 18.2 Å². The van der Waals surface area contributed by atoms with Crippen molar-refractivity contribution in [1.82, 2.24) is 10.1 Å². The maximum Gasteiger partial charge on any atom is 0.237 e. The van der Waals surface area contributed by atoms with Crippen LogP contribution in [0.5, 0.6) is 11.5 Å². The maximum absolute atomic E-state index is 12.9. The Hall–Kier alpha value is -2.54. The third kappa shape index (κ3) is 3.21. The molecule has 122 valence electrons. The van der Waals surface area contributed by atoms with Gasteiger partial charge in [0.25, 0.3) is 0 Å². The van der Waals surface area contributed by atoms with Crippen LogP contribution in [0.4, 0.5) is 4.39 Å². The molecule has 0 bridgehead atoms. The van der Waals surface area contributed by atoms with Crippen molar-refractivity contribution in [3.63, 3.8) is 0 Å². The average Bonchev–Trinajstić information content (AvgIpc) is 3.09. The standard InChI is InChI=1S/C17H13FN2O3S/c18-12-3-1-11(2-4-12)17-19-16(23-20-17)10-24-13-5-6-14-15(9-13)22-8-7-21-14/h1-6,9H,7-8,10H2. The minimum atomic E-state index is -0.295. The predicted molar refractivity (Wildman–Crippen MR) is 86.7 cm³/mol. The molecule has 0 atom stereocenters. The summed E-state index contributed by atoms with van der Waals surface area (Å²) in [5.41, 5.74) is 0.718. The predicted octanol–water partition coefficient (Wildman–Crippen LogP) is 3.94. The molecule has 0 amide bonds. The molecule has 1 aliphatic rings. The maximum atomic E-state index is 12.9. The highest BCUT2D eigenvalue weighted by Crippen LogP contribution is 2.35. The van der Waals surface area contributed by atoms with E-state index in [9.17, 15) is 4.39 Å².